The summed E-state index contributed by atoms with van der Waals surface area (Å²) in [6.45, 7) is 17.8. The number of rotatable bonds is 11. The Morgan fingerprint density at radius 2 is 1.57 bits per heavy atom. The van der Waals surface area contributed by atoms with Gasteiger partial charge >= 0.3 is 5.97 Å². The highest BCUT2D eigenvalue weighted by molar-refractivity contribution is 7.80. The van der Waals surface area contributed by atoms with Crippen LogP contribution in [0.2, 0.25) is 0 Å². The Bertz CT molecular complexity index is 375. The Morgan fingerprint density at radius 1 is 1.07 bits per heavy atom. The lowest BCUT2D eigenvalue weighted by molar-refractivity contribution is -0.199. The number of amides is 1. The molecule has 0 spiro atoms. The molecule has 2 unspecified atom stereocenters. The normalized spacial score (nSPS) is 11.9. The molecule has 0 heterocycles. The van der Waals surface area contributed by atoms with Crippen molar-refractivity contribution in [1.82, 2.24) is 5.32 Å². The maximum absolute atomic E-state index is 11.5. The van der Waals surface area contributed by atoms with E-state index < -0.39 is 18.4 Å². The number of esters is 1. The molecule has 0 aliphatic heterocycles. The molecule has 0 rings (SSSR count). The fourth-order valence-corrected chi connectivity index (χ4v) is 1.78. The number of aliphatic hydroxyl groups excluding tert-OH is 2. The van der Waals surface area contributed by atoms with Crippen LogP contribution in [0.25, 0.3) is 0 Å². The SMILES string of the molecule is CC.CC.CC(C)(C)C(CO)OC(O)COC(=O)CCCC(=O)NCCS.CCC. The van der Waals surface area contributed by atoms with E-state index in [-0.39, 0.29) is 37.4 Å². The summed E-state index contributed by atoms with van der Waals surface area (Å²) in [7, 11) is 0. The Hall–Kier alpha value is -0.830. The van der Waals surface area contributed by atoms with Crippen LogP contribution in [0, 0.1) is 5.41 Å². The molecule has 0 aromatic heterocycles. The molecule has 0 bridgehead atoms. The smallest absolute Gasteiger partial charge is 0.305 e. The van der Waals surface area contributed by atoms with Gasteiger partial charge in [-0.05, 0) is 11.8 Å². The minimum atomic E-state index is -1.30. The molecular formula is C22H49NO6S. The molecule has 0 aromatic carbocycles. The first-order chi connectivity index (χ1) is 14.1. The summed E-state index contributed by atoms with van der Waals surface area (Å²) in [4.78, 5) is 22.8. The van der Waals surface area contributed by atoms with E-state index in [0.29, 0.717) is 18.7 Å². The summed E-state index contributed by atoms with van der Waals surface area (Å²) in [6, 6.07) is 0. The van der Waals surface area contributed by atoms with Gasteiger partial charge in [-0.1, -0.05) is 68.7 Å². The monoisotopic (exact) mass is 455 g/mol. The predicted octanol–water partition coefficient (Wildman–Crippen LogP) is 3.96. The third kappa shape index (κ3) is 27.2. The van der Waals surface area contributed by atoms with Gasteiger partial charge in [0, 0.05) is 25.1 Å². The first-order valence-electron chi connectivity index (χ1n) is 11.1. The molecule has 0 radical (unpaired) electrons. The number of carbonyl (C=O) groups excluding carboxylic acids is 2. The van der Waals surface area contributed by atoms with E-state index in [1.165, 1.54) is 6.42 Å². The molecule has 0 fully saturated rings. The molecule has 3 N–H and O–H groups in total. The molecule has 0 aliphatic carbocycles. The number of aliphatic hydroxyl groups is 2. The highest BCUT2D eigenvalue weighted by Gasteiger charge is 2.27. The van der Waals surface area contributed by atoms with Crippen LogP contribution in [-0.2, 0) is 19.1 Å². The second-order valence-electron chi connectivity index (χ2n) is 6.95. The van der Waals surface area contributed by atoms with Crippen LogP contribution in [0.15, 0.2) is 0 Å². The van der Waals surface area contributed by atoms with Crippen molar-refractivity contribution in [2.75, 3.05) is 25.5 Å². The van der Waals surface area contributed by atoms with Gasteiger partial charge in [0.25, 0.3) is 0 Å². The van der Waals surface area contributed by atoms with Gasteiger partial charge in [-0.15, -0.1) is 0 Å². The third-order valence-electron chi connectivity index (χ3n) is 3.06. The molecule has 1 amide bonds. The van der Waals surface area contributed by atoms with Crippen molar-refractivity contribution in [3.8, 4) is 0 Å². The van der Waals surface area contributed by atoms with E-state index in [1.807, 2.05) is 48.5 Å². The van der Waals surface area contributed by atoms with Gasteiger partial charge in [-0.2, -0.15) is 12.6 Å². The molecule has 0 aliphatic rings. The van der Waals surface area contributed by atoms with Crippen LogP contribution < -0.4 is 5.32 Å². The van der Waals surface area contributed by atoms with Crippen molar-refractivity contribution >= 4 is 24.5 Å². The van der Waals surface area contributed by atoms with Crippen LogP contribution in [-0.4, -0.2) is 60.0 Å². The quantitative estimate of drug-likeness (QED) is 0.214. The number of hydrogen-bond donors (Lipinski definition) is 4. The molecule has 0 saturated heterocycles. The lowest BCUT2D eigenvalue weighted by Crippen LogP contribution is -2.38. The van der Waals surface area contributed by atoms with E-state index in [4.69, 9.17) is 9.47 Å². The lowest BCUT2D eigenvalue weighted by atomic mass is 9.89. The zero-order chi connectivity index (χ0) is 24.6. The Labute approximate surface area is 190 Å². The van der Waals surface area contributed by atoms with E-state index in [0.717, 1.165) is 0 Å². The Morgan fingerprint density at radius 3 is 1.97 bits per heavy atom. The number of hydrogen-bond acceptors (Lipinski definition) is 7. The third-order valence-corrected chi connectivity index (χ3v) is 3.28. The van der Waals surface area contributed by atoms with Crippen LogP contribution in [0.1, 0.15) is 88.0 Å². The zero-order valence-electron chi connectivity index (χ0n) is 20.8. The zero-order valence-corrected chi connectivity index (χ0v) is 21.7. The van der Waals surface area contributed by atoms with Crippen LogP contribution >= 0.6 is 12.6 Å². The minimum absolute atomic E-state index is 0.0870. The van der Waals surface area contributed by atoms with Gasteiger partial charge in [-0.3, -0.25) is 9.59 Å². The van der Waals surface area contributed by atoms with Crippen molar-refractivity contribution in [1.29, 1.82) is 0 Å². The molecule has 7 nitrogen and oxygen atoms in total. The van der Waals surface area contributed by atoms with Gasteiger partial charge in [0.15, 0.2) is 6.29 Å². The maximum atomic E-state index is 11.5. The summed E-state index contributed by atoms with van der Waals surface area (Å²) in [5, 5.41) is 21.6. The highest BCUT2D eigenvalue weighted by atomic mass is 32.1. The van der Waals surface area contributed by atoms with E-state index in [9.17, 15) is 19.8 Å². The average molecular weight is 456 g/mol. The van der Waals surface area contributed by atoms with Gasteiger partial charge in [0.1, 0.15) is 6.61 Å². The van der Waals surface area contributed by atoms with Gasteiger partial charge in [0.2, 0.25) is 5.91 Å². The summed E-state index contributed by atoms with van der Waals surface area (Å²) < 4.78 is 10.1. The predicted molar refractivity (Wildman–Crippen MR) is 128 cm³/mol. The molecular weight excluding hydrogens is 406 g/mol. The fourth-order valence-electron chi connectivity index (χ4n) is 1.66. The van der Waals surface area contributed by atoms with E-state index in [2.05, 4.69) is 31.8 Å². The van der Waals surface area contributed by atoms with Gasteiger partial charge in [-0.25, -0.2) is 0 Å². The molecule has 184 valence electrons. The second-order valence-corrected chi connectivity index (χ2v) is 7.39. The fraction of sp³-hybridized carbons (Fsp3) is 0.909. The molecule has 8 heteroatoms. The lowest BCUT2D eigenvalue weighted by Gasteiger charge is -2.30. The highest BCUT2D eigenvalue weighted by Crippen LogP contribution is 2.22. The van der Waals surface area contributed by atoms with Crippen LogP contribution in [0.5, 0.6) is 0 Å². The number of nitrogens with one attached hydrogen (secondary N) is 1. The second kappa shape index (κ2) is 26.2. The number of ether oxygens (including phenoxy) is 2. The van der Waals surface area contributed by atoms with Gasteiger partial charge < -0.3 is 25.0 Å². The van der Waals surface area contributed by atoms with E-state index >= 15 is 0 Å². The summed E-state index contributed by atoms with van der Waals surface area (Å²) in [6.07, 6.45) is 0.0817. The summed E-state index contributed by atoms with van der Waals surface area (Å²) >= 11 is 3.97. The molecule has 30 heavy (non-hydrogen) atoms. The Kier molecular flexibility index (Phi) is 31.9. The standard InChI is InChI=1S/C15H29NO6S.C3H8.2C2H6/c1-15(2,3)11(9-17)22-14(20)10-21-13(19)6-4-5-12(18)16-7-8-23;1-3-2;2*1-2/h11,14,17,20,23H,4-10H2,1-3H3,(H,16,18);3H2,1-2H3;2*1-2H3. The van der Waals surface area contributed by atoms with Crippen molar-refractivity contribution in [3.05, 3.63) is 0 Å². The molecule has 0 aromatic rings. The molecule has 0 saturated carbocycles. The summed E-state index contributed by atoms with van der Waals surface area (Å²) in [5.41, 5.74) is -0.347. The maximum Gasteiger partial charge on any atom is 0.305 e. The van der Waals surface area contributed by atoms with Gasteiger partial charge in [0.05, 0.1) is 12.7 Å². The topological polar surface area (TPSA) is 105 Å². The van der Waals surface area contributed by atoms with Crippen molar-refractivity contribution in [2.24, 2.45) is 5.41 Å². The van der Waals surface area contributed by atoms with E-state index in [1.54, 1.807) is 0 Å². The van der Waals surface area contributed by atoms with Crippen molar-refractivity contribution in [2.45, 2.75) is 100 Å². The number of thiol groups is 1. The van der Waals surface area contributed by atoms with Crippen LogP contribution in [0.4, 0.5) is 0 Å². The van der Waals surface area contributed by atoms with Crippen molar-refractivity contribution < 1.29 is 29.3 Å². The first kappa shape index (κ1) is 36.5. The van der Waals surface area contributed by atoms with Crippen LogP contribution in [0.3, 0.4) is 0 Å². The number of carbonyl (C=O) groups is 2. The minimum Gasteiger partial charge on any atom is -0.460 e. The largest absolute Gasteiger partial charge is 0.460 e. The van der Waals surface area contributed by atoms with Crippen molar-refractivity contribution in [3.63, 3.8) is 0 Å². The molecule has 2 atom stereocenters. The summed E-state index contributed by atoms with van der Waals surface area (Å²) in [5.74, 6) is -0.0770. The average Bonchev–Trinajstić information content (AvgIpc) is 2.71. The Balaban J connectivity index is -0.000000427. The first-order valence-corrected chi connectivity index (χ1v) is 11.7.